The van der Waals surface area contributed by atoms with Crippen molar-refractivity contribution in [3.63, 3.8) is 0 Å². The van der Waals surface area contributed by atoms with Gasteiger partial charge < -0.3 is 0 Å². The van der Waals surface area contributed by atoms with Crippen molar-refractivity contribution < 1.29 is 0 Å². The summed E-state index contributed by atoms with van der Waals surface area (Å²) in [5, 5.41) is 14.3. The van der Waals surface area contributed by atoms with Gasteiger partial charge in [-0.2, -0.15) is 0 Å². The third-order valence-electron chi connectivity index (χ3n) is 1.23. The topological polar surface area (TPSA) is 49.4 Å². The first-order chi connectivity index (χ1) is 3.77. The van der Waals surface area contributed by atoms with E-state index < -0.39 is 0 Å². The van der Waals surface area contributed by atoms with Crippen LogP contribution in [0.25, 0.3) is 0 Å². The highest BCUT2D eigenvalue weighted by atomic mass is 15.6. The predicted molar refractivity (Wildman–Crippen MR) is 28.4 cm³/mol. The highest BCUT2D eigenvalue weighted by molar-refractivity contribution is 4.76. The standard InChI is InChI=1S/C4H8N4/c1-3-4(2)5-7-8-6-4/h3H2,1-2H3. The zero-order chi connectivity index (χ0) is 6.04. The van der Waals surface area contributed by atoms with E-state index in [1.807, 2.05) is 13.8 Å². The number of rotatable bonds is 1. The summed E-state index contributed by atoms with van der Waals surface area (Å²) in [6, 6.07) is 0. The second kappa shape index (κ2) is 1.61. The van der Waals surface area contributed by atoms with Crippen molar-refractivity contribution in [3.8, 4) is 0 Å². The van der Waals surface area contributed by atoms with Gasteiger partial charge in [0.25, 0.3) is 0 Å². The molecule has 0 saturated carbocycles. The summed E-state index contributed by atoms with van der Waals surface area (Å²) in [5.74, 6) is 0. The molecule has 1 aliphatic rings. The fourth-order valence-electron chi connectivity index (χ4n) is 0.394. The van der Waals surface area contributed by atoms with Gasteiger partial charge in [0.05, 0.1) is 0 Å². The van der Waals surface area contributed by atoms with E-state index >= 15 is 0 Å². The molecule has 0 atom stereocenters. The molecule has 44 valence electrons. The molecule has 0 aromatic rings. The normalized spacial score (nSPS) is 22.2. The molecule has 0 radical (unpaired) electrons. The maximum absolute atomic E-state index is 3.78. The second-order valence-corrected chi connectivity index (χ2v) is 1.95. The minimum atomic E-state index is -0.347. The van der Waals surface area contributed by atoms with Crippen LogP contribution in [0.1, 0.15) is 20.3 Å². The summed E-state index contributed by atoms with van der Waals surface area (Å²) in [7, 11) is 0. The smallest absolute Gasteiger partial charge is 0.135 e. The van der Waals surface area contributed by atoms with Crippen LogP contribution in [-0.2, 0) is 0 Å². The van der Waals surface area contributed by atoms with Gasteiger partial charge in [0.1, 0.15) is 0 Å². The Morgan fingerprint density at radius 3 is 2.00 bits per heavy atom. The molecule has 4 nitrogen and oxygen atoms in total. The first-order valence-corrected chi connectivity index (χ1v) is 2.61. The van der Waals surface area contributed by atoms with E-state index in [1.165, 1.54) is 0 Å². The van der Waals surface area contributed by atoms with Crippen LogP contribution in [0, 0.1) is 0 Å². The van der Waals surface area contributed by atoms with Gasteiger partial charge >= 0.3 is 0 Å². The van der Waals surface area contributed by atoms with E-state index in [-0.39, 0.29) is 5.66 Å². The quantitative estimate of drug-likeness (QED) is 0.497. The summed E-state index contributed by atoms with van der Waals surface area (Å²) < 4.78 is 0. The van der Waals surface area contributed by atoms with Crippen molar-refractivity contribution >= 4 is 0 Å². The number of nitrogens with zero attached hydrogens (tertiary/aromatic N) is 4. The minimum Gasteiger partial charge on any atom is -0.135 e. The molecule has 8 heavy (non-hydrogen) atoms. The Hall–Kier alpha value is -0.800. The van der Waals surface area contributed by atoms with Gasteiger partial charge in [-0.3, -0.25) is 0 Å². The molecule has 0 bridgehead atoms. The summed E-state index contributed by atoms with van der Waals surface area (Å²) in [6.45, 7) is 3.90. The number of hydrogen-bond acceptors (Lipinski definition) is 4. The Bertz CT molecular complexity index is 125. The third-order valence-corrected chi connectivity index (χ3v) is 1.23. The van der Waals surface area contributed by atoms with E-state index in [2.05, 4.69) is 20.7 Å². The van der Waals surface area contributed by atoms with Crippen LogP contribution >= 0.6 is 0 Å². The maximum atomic E-state index is 3.78. The molecule has 0 aromatic heterocycles. The lowest BCUT2D eigenvalue weighted by atomic mass is 10.2. The van der Waals surface area contributed by atoms with Gasteiger partial charge in [-0.05, 0) is 23.8 Å². The van der Waals surface area contributed by atoms with E-state index in [0.29, 0.717) is 0 Å². The van der Waals surface area contributed by atoms with Crippen molar-refractivity contribution in [1.82, 2.24) is 0 Å². The van der Waals surface area contributed by atoms with Gasteiger partial charge in [0.2, 0.25) is 0 Å². The lowest BCUT2D eigenvalue weighted by molar-refractivity contribution is 0.472. The molecule has 1 aliphatic heterocycles. The molecule has 1 rings (SSSR count). The summed E-state index contributed by atoms with van der Waals surface area (Å²) in [4.78, 5) is 0. The van der Waals surface area contributed by atoms with Gasteiger partial charge in [-0.25, -0.2) is 0 Å². The van der Waals surface area contributed by atoms with Crippen LogP contribution in [0.2, 0.25) is 0 Å². The summed E-state index contributed by atoms with van der Waals surface area (Å²) >= 11 is 0. The van der Waals surface area contributed by atoms with E-state index in [4.69, 9.17) is 0 Å². The van der Waals surface area contributed by atoms with Gasteiger partial charge in [0, 0.05) is 0 Å². The Morgan fingerprint density at radius 2 is 1.75 bits per heavy atom. The van der Waals surface area contributed by atoms with Crippen molar-refractivity contribution in [1.29, 1.82) is 0 Å². The largest absolute Gasteiger partial charge is 0.192 e. The average Bonchev–Trinajstić information content (AvgIpc) is 2.17. The molecule has 1 heterocycles. The Balaban J connectivity index is 2.69. The third kappa shape index (κ3) is 0.731. The van der Waals surface area contributed by atoms with E-state index in [1.54, 1.807) is 0 Å². The van der Waals surface area contributed by atoms with Crippen LogP contribution < -0.4 is 0 Å². The van der Waals surface area contributed by atoms with Crippen molar-refractivity contribution in [2.45, 2.75) is 25.9 Å². The fourth-order valence-corrected chi connectivity index (χ4v) is 0.394. The van der Waals surface area contributed by atoms with Crippen molar-refractivity contribution in [3.05, 3.63) is 0 Å². The monoisotopic (exact) mass is 112 g/mol. The maximum Gasteiger partial charge on any atom is 0.192 e. The Morgan fingerprint density at radius 1 is 1.25 bits per heavy atom. The summed E-state index contributed by atoms with van der Waals surface area (Å²) in [5.41, 5.74) is -0.347. The zero-order valence-corrected chi connectivity index (χ0v) is 5.00. The SMILES string of the molecule is CCC1(C)N=NN=N1. The van der Waals surface area contributed by atoms with Crippen LogP contribution in [0.4, 0.5) is 0 Å². The first-order valence-electron chi connectivity index (χ1n) is 2.61. The minimum absolute atomic E-state index is 0.347. The number of hydrogen-bond donors (Lipinski definition) is 0. The van der Waals surface area contributed by atoms with Crippen LogP contribution in [0.3, 0.4) is 0 Å². The zero-order valence-electron chi connectivity index (χ0n) is 5.00. The Kier molecular flexibility index (Phi) is 1.08. The molecule has 0 aliphatic carbocycles. The predicted octanol–water partition coefficient (Wildman–Crippen LogP) is 1.95. The molecule has 4 heteroatoms. The molecule has 0 unspecified atom stereocenters. The van der Waals surface area contributed by atoms with E-state index in [0.717, 1.165) is 6.42 Å². The Labute approximate surface area is 47.7 Å². The van der Waals surface area contributed by atoms with Crippen molar-refractivity contribution in [2.24, 2.45) is 20.7 Å². The van der Waals surface area contributed by atoms with Gasteiger partial charge in [-0.15, -0.1) is 10.2 Å². The molecule has 0 saturated heterocycles. The lowest BCUT2D eigenvalue weighted by Crippen LogP contribution is -2.12. The second-order valence-electron chi connectivity index (χ2n) is 1.95. The van der Waals surface area contributed by atoms with Crippen LogP contribution in [0.15, 0.2) is 20.7 Å². The lowest BCUT2D eigenvalue weighted by Gasteiger charge is -2.07. The molecule has 0 aromatic carbocycles. The van der Waals surface area contributed by atoms with Crippen molar-refractivity contribution in [2.75, 3.05) is 0 Å². The van der Waals surface area contributed by atoms with Crippen LogP contribution in [0.5, 0.6) is 0 Å². The molecular formula is C4H8N4. The van der Waals surface area contributed by atoms with Crippen LogP contribution in [-0.4, -0.2) is 5.66 Å². The fraction of sp³-hybridized carbons (Fsp3) is 1.00. The highest BCUT2D eigenvalue weighted by Crippen LogP contribution is 2.21. The molecule has 0 spiro atoms. The van der Waals surface area contributed by atoms with E-state index in [9.17, 15) is 0 Å². The molecule has 0 fully saturated rings. The highest BCUT2D eigenvalue weighted by Gasteiger charge is 2.22. The summed E-state index contributed by atoms with van der Waals surface area (Å²) in [6.07, 6.45) is 0.861. The molecule has 0 N–H and O–H groups in total. The van der Waals surface area contributed by atoms with Gasteiger partial charge in [-0.1, -0.05) is 6.92 Å². The molecule has 0 amide bonds. The van der Waals surface area contributed by atoms with Gasteiger partial charge in [0.15, 0.2) is 5.66 Å². The molecular weight excluding hydrogens is 104 g/mol. The first kappa shape index (κ1) is 5.34. The average molecular weight is 112 g/mol.